The zero-order valence-electron chi connectivity index (χ0n) is 10.1. The van der Waals surface area contributed by atoms with E-state index in [-0.39, 0.29) is 12.4 Å². The SMILES string of the molecule is NOC(=O)CCCCCC(=O)Oc1ccccc1. The maximum Gasteiger partial charge on any atom is 0.324 e. The van der Waals surface area contributed by atoms with Crippen molar-refractivity contribution in [3.8, 4) is 5.75 Å². The minimum atomic E-state index is -0.429. The lowest BCUT2D eigenvalue weighted by molar-refractivity contribution is -0.144. The number of carbonyl (C=O) groups excluding carboxylic acids is 2. The molecule has 0 bridgehead atoms. The molecule has 0 aromatic heterocycles. The van der Waals surface area contributed by atoms with Crippen molar-refractivity contribution in [1.82, 2.24) is 0 Å². The summed E-state index contributed by atoms with van der Waals surface area (Å²) < 4.78 is 5.11. The van der Waals surface area contributed by atoms with Gasteiger partial charge in [-0.3, -0.25) is 9.59 Å². The molecule has 2 N–H and O–H groups in total. The molecule has 0 aliphatic rings. The van der Waals surface area contributed by atoms with E-state index in [2.05, 4.69) is 4.84 Å². The van der Waals surface area contributed by atoms with Crippen molar-refractivity contribution in [1.29, 1.82) is 0 Å². The summed E-state index contributed by atoms with van der Waals surface area (Å²) in [5, 5.41) is 0. The first-order valence-electron chi connectivity index (χ1n) is 5.87. The minimum absolute atomic E-state index is 0.261. The predicted molar refractivity (Wildman–Crippen MR) is 65.4 cm³/mol. The number of nitrogens with two attached hydrogens (primary N) is 1. The van der Waals surface area contributed by atoms with E-state index in [0.29, 0.717) is 25.0 Å². The van der Waals surface area contributed by atoms with E-state index in [9.17, 15) is 9.59 Å². The van der Waals surface area contributed by atoms with Gasteiger partial charge in [-0.15, -0.1) is 0 Å². The van der Waals surface area contributed by atoms with Crippen molar-refractivity contribution < 1.29 is 19.2 Å². The maximum absolute atomic E-state index is 11.4. The summed E-state index contributed by atoms with van der Waals surface area (Å²) in [5.41, 5.74) is 0. The summed E-state index contributed by atoms with van der Waals surface area (Å²) in [5.74, 6) is 4.56. The summed E-state index contributed by atoms with van der Waals surface area (Å²) in [4.78, 5) is 26.2. The van der Waals surface area contributed by atoms with Gasteiger partial charge < -0.3 is 9.57 Å². The Morgan fingerprint density at radius 2 is 1.56 bits per heavy atom. The molecule has 0 fully saturated rings. The Bertz CT molecular complexity index is 378. The maximum atomic E-state index is 11.4. The molecule has 18 heavy (non-hydrogen) atoms. The lowest BCUT2D eigenvalue weighted by atomic mass is 10.1. The second-order valence-electron chi connectivity index (χ2n) is 3.84. The van der Waals surface area contributed by atoms with Crippen molar-refractivity contribution >= 4 is 11.9 Å². The monoisotopic (exact) mass is 251 g/mol. The zero-order valence-corrected chi connectivity index (χ0v) is 10.1. The van der Waals surface area contributed by atoms with E-state index in [1.807, 2.05) is 6.07 Å². The van der Waals surface area contributed by atoms with Gasteiger partial charge in [0.1, 0.15) is 5.75 Å². The van der Waals surface area contributed by atoms with E-state index >= 15 is 0 Å². The highest BCUT2D eigenvalue weighted by atomic mass is 16.7. The van der Waals surface area contributed by atoms with Crippen LogP contribution in [0.2, 0.25) is 0 Å². The first-order valence-corrected chi connectivity index (χ1v) is 5.87. The fourth-order valence-corrected chi connectivity index (χ4v) is 1.45. The Balaban J connectivity index is 2.09. The van der Waals surface area contributed by atoms with E-state index in [1.54, 1.807) is 24.3 Å². The third kappa shape index (κ3) is 6.00. The summed E-state index contributed by atoms with van der Waals surface area (Å²) in [6, 6.07) is 8.93. The van der Waals surface area contributed by atoms with E-state index in [1.165, 1.54) is 0 Å². The van der Waals surface area contributed by atoms with Gasteiger partial charge in [0.05, 0.1) is 0 Å². The van der Waals surface area contributed by atoms with Crippen molar-refractivity contribution in [3.63, 3.8) is 0 Å². The van der Waals surface area contributed by atoms with Gasteiger partial charge >= 0.3 is 11.9 Å². The van der Waals surface area contributed by atoms with Crippen LogP contribution < -0.4 is 10.6 Å². The van der Waals surface area contributed by atoms with Gasteiger partial charge in [-0.05, 0) is 25.0 Å². The first kappa shape index (κ1) is 14.2. The molecule has 5 nitrogen and oxygen atoms in total. The quantitative estimate of drug-likeness (QED) is 0.347. The Hall–Kier alpha value is -1.88. The first-order chi connectivity index (χ1) is 8.72. The molecule has 0 saturated heterocycles. The number of para-hydroxylation sites is 1. The number of ether oxygens (including phenoxy) is 1. The largest absolute Gasteiger partial charge is 0.427 e. The van der Waals surface area contributed by atoms with Gasteiger partial charge in [-0.1, -0.05) is 24.6 Å². The molecular formula is C13H17NO4. The van der Waals surface area contributed by atoms with Gasteiger partial charge in [-0.2, -0.15) is 5.90 Å². The number of carbonyl (C=O) groups is 2. The third-order valence-corrected chi connectivity index (χ3v) is 2.37. The predicted octanol–water partition coefficient (Wildman–Crippen LogP) is 1.96. The van der Waals surface area contributed by atoms with Crippen LogP contribution in [0.25, 0.3) is 0 Å². The number of esters is 1. The summed E-state index contributed by atoms with van der Waals surface area (Å²) in [7, 11) is 0. The molecule has 0 radical (unpaired) electrons. The normalized spacial score (nSPS) is 9.83. The summed E-state index contributed by atoms with van der Waals surface area (Å²) in [6.07, 6.45) is 2.73. The van der Waals surface area contributed by atoms with Crippen molar-refractivity contribution in [2.45, 2.75) is 32.1 Å². The van der Waals surface area contributed by atoms with Gasteiger partial charge in [0.25, 0.3) is 0 Å². The second kappa shape index (κ2) is 8.25. The van der Waals surface area contributed by atoms with Crippen molar-refractivity contribution in [2.75, 3.05) is 0 Å². The molecule has 0 spiro atoms. The van der Waals surface area contributed by atoms with Crippen LogP contribution in [0.5, 0.6) is 5.75 Å². The van der Waals surface area contributed by atoms with Gasteiger partial charge in [0.15, 0.2) is 0 Å². The number of hydrogen-bond acceptors (Lipinski definition) is 5. The van der Waals surface area contributed by atoms with Gasteiger partial charge in [0, 0.05) is 12.8 Å². The highest BCUT2D eigenvalue weighted by Gasteiger charge is 2.05. The third-order valence-electron chi connectivity index (χ3n) is 2.37. The average Bonchev–Trinajstić information content (AvgIpc) is 2.39. The lowest BCUT2D eigenvalue weighted by Gasteiger charge is -2.03. The molecule has 0 saturated carbocycles. The molecule has 1 aromatic carbocycles. The Morgan fingerprint density at radius 1 is 0.944 bits per heavy atom. The molecule has 0 unspecified atom stereocenters. The molecule has 98 valence electrons. The average molecular weight is 251 g/mol. The van der Waals surface area contributed by atoms with Crippen LogP contribution in [0.15, 0.2) is 30.3 Å². The van der Waals surface area contributed by atoms with Crippen LogP contribution in [0, 0.1) is 0 Å². The number of hydrogen-bond donors (Lipinski definition) is 1. The van der Waals surface area contributed by atoms with Crippen molar-refractivity contribution in [2.24, 2.45) is 5.90 Å². The molecule has 0 aliphatic heterocycles. The van der Waals surface area contributed by atoms with E-state index < -0.39 is 5.97 Å². The van der Waals surface area contributed by atoms with Gasteiger partial charge in [-0.25, -0.2) is 0 Å². The Kier molecular flexibility index (Phi) is 6.50. The number of rotatable bonds is 7. The molecule has 0 amide bonds. The summed E-state index contributed by atoms with van der Waals surface area (Å²) in [6.45, 7) is 0. The number of benzene rings is 1. The van der Waals surface area contributed by atoms with Crippen LogP contribution in [-0.2, 0) is 14.4 Å². The molecule has 0 aliphatic carbocycles. The standard InChI is InChI=1S/C13H17NO4/c14-18-13(16)10-6-2-5-9-12(15)17-11-7-3-1-4-8-11/h1,3-4,7-8H,2,5-6,9-10,14H2. The van der Waals surface area contributed by atoms with E-state index in [0.717, 1.165) is 6.42 Å². The molecular weight excluding hydrogens is 234 g/mol. The van der Waals surface area contributed by atoms with E-state index in [4.69, 9.17) is 10.6 Å². The molecule has 1 aromatic rings. The van der Waals surface area contributed by atoms with Crippen LogP contribution in [-0.4, -0.2) is 11.9 Å². The Labute approximate surface area is 106 Å². The lowest BCUT2D eigenvalue weighted by Crippen LogP contribution is -2.09. The van der Waals surface area contributed by atoms with Crippen molar-refractivity contribution in [3.05, 3.63) is 30.3 Å². The summed E-state index contributed by atoms with van der Waals surface area (Å²) >= 11 is 0. The highest BCUT2D eigenvalue weighted by Crippen LogP contribution is 2.11. The molecule has 5 heteroatoms. The fraction of sp³-hybridized carbons (Fsp3) is 0.385. The molecule has 0 heterocycles. The molecule has 1 rings (SSSR count). The van der Waals surface area contributed by atoms with Crippen LogP contribution >= 0.6 is 0 Å². The second-order valence-corrected chi connectivity index (χ2v) is 3.84. The molecule has 0 atom stereocenters. The van der Waals surface area contributed by atoms with Crippen LogP contribution in [0.4, 0.5) is 0 Å². The fourth-order valence-electron chi connectivity index (χ4n) is 1.45. The van der Waals surface area contributed by atoms with Gasteiger partial charge in [0.2, 0.25) is 0 Å². The zero-order chi connectivity index (χ0) is 13.2. The topological polar surface area (TPSA) is 78.6 Å². The number of unbranched alkanes of at least 4 members (excludes halogenated alkanes) is 2. The van der Waals surface area contributed by atoms with Crippen LogP contribution in [0.1, 0.15) is 32.1 Å². The minimum Gasteiger partial charge on any atom is -0.427 e. The smallest absolute Gasteiger partial charge is 0.324 e. The van der Waals surface area contributed by atoms with Crippen LogP contribution in [0.3, 0.4) is 0 Å². The highest BCUT2D eigenvalue weighted by molar-refractivity contribution is 5.72. The Morgan fingerprint density at radius 3 is 2.17 bits per heavy atom.